The number of nitrogens with one attached hydrogen (secondary N) is 1. The lowest BCUT2D eigenvalue weighted by Crippen LogP contribution is -1.81. The molecule has 0 unspecified atom stereocenters. The number of imidazole rings is 1. The number of aromatic nitrogens is 2. The number of halogens is 1. The molecular weight excluding hydrogens is 360 g/mol. The fraction of sp³-hybridized carbons (Fsp3) is 0. The number of hydrogen-bond donors (Lipinski definition) is 1. The highest BCUT2D eigenvalue weighted by atomic mass is 79.9. The van der Waals surface area contributed by atoms with Crippen molar-refractivity contribution in [1.29, 1.82) is 0 Å². The molecule has 24 heavy (non-hydrogen) atoms. The van der Waals surface area contributed by atoms with Crippen molar-refractivity contribution in [2.75, 3.05) is 0 Å². The Morgan fingerprint density at radius 3 is 2.12 bits per heavy atom. The van der Waals surface area contributed by atoms with Crippen LogP contribution in [0.2, 0.25) is 0 Å². The van der Waals surface area contributed by atoms with E-state index in [1.165, 1.54) is 21.5 Å². The Hall–Kier alpha value is -2.65. The second-order valence-corrected chi connectivity index (χ2v) is 6.83. The molecule has 1 N–H and O–H groups in total. The second kappa shape index (κ2) is 5.18. The molecule has 1 aromatic heterocycles. The highest BCUT2D eigenvalue weighted by Gasteiger charge is 2.13. The minimum atomic E-state index is 0.896. The number of nitrogens with zero attached hydrogens (tertiary/aromatic N) is 1. The van der Waals surface area contributed by atoms with E-state index in [-0.39, 0.29) is 0 Å². The van der Waals surface area contributed by atoms with Crippen LogP contribution in [-0.2, 0) is 0 Å². The molecule has 0 aliphatic heterocycles. The average molecular weight is 373 g/mol. The van der Waals surface area contributed by atoms with Crippen molar-refractivity contribution < 1.29 is 0 Å². The minimum absolute atomic E-state index is 0.896. The Morgan fingerprint density at radius 1 is 0.708 bits per heavy atom. The summed E-state index contributed by atoms with van der Waals surface area (Å²) in [6.45, 7) is 0. The molecule has 0 aliphatic carbocycles. The summed E-state index contributed by atoms with van der Waals surface area (Å²) in [7, 11) is 0. The van der Waals surface area contributed by atoms with E-state index in [1.54, 1.807) is 0 Å². The topological polar surface area (TPSA) is 28.7 Å². The number of aromatic amines is 1. The van der Waals surface area contributed by atoms with Gasteiger partial charge in [0.15, 0.2) is 0 Å². The van der Waals surface area contributed by atoms with Crippen LogP contribution in [-0.4, -0.2) is 9.97 Å². The number of H-pyrrole nitrogens is 1. The van der Waals surface area contributed by atoms with Gasteiger partial charge in [0.25, 0.3) is 0 Å². The van der Waals surface area contributed by atoms with E-state index in [0.29, 0.717) is 0 Å². The molecule has 0 fully saturated rings. The molecule has 3 heteroatoms. The van der Waals surface area contributed by atoms with Crippen LogP contribution >= 0.6 is 15.9 Å². The van der Waals surface area contributed by atoms with Gasteiger partial charge in [0.05, 0.1) is 11.0 Å². The largest absolute Gasteiger partial charge is 0.337 e. The highest BCUT2D eigenvalue weighted by Crippen LogP contribution is 2.35. The number of fused-ring (bicyclic) bond motifs is 6. The van der Waals surface area contributed by atoms with Gasteiger partial charge >= 0.3 is 0 Å². The molecule has 0 atom stereocenters. The first-order valence-electron chi connectivity index (χ1n) is 7.86. The molecule has 0 spiro atoms. The summed E-state index contributed by atoms with van der Waals surface area (Å²) in [5, 5.41) is 4.89. The molecule has 0 saturated heterocycles. The van der Waals surface area contributed by atoms with Gasteiger partial charge in [-0.15, -0.1) is 0 Å². The fourth-order valence-corrected chi connectivity index (χ4v) is 3.80. The smallest absolute Gasteiger partial charge is 0.138 e. The lowest BCUT2D eigenvalue weighted by Gasteiger charge is -2.05. The van der Waals surface area contributed by atoms with Crippen molar-refractivity contribution in [3.63, 3.8) is 0 Å². The zero-order valence-electron chi connectivity index (χ0n) is 12.8. The monoisotopic (exact) mass is 372 g/mol. The third kappa shape index (κ3) is 1.98. The molecule has 0 aliphatic rings. The van der Waals surface area contributed by atoms with Gasteiger partial charge < -0.3 is 4.98 Å². The standard InChI is InChI=1S/C21H13BrN2/c22-14-7-5-6-13(12-14)21-23-19-17-10-3-1-8-15(17)16-9-2-4-11-18(16)20(19)24-21/h1-12H,(H,23,24). The summed E-state index contributed by atoms with van der Waals surface area (Å²) in [4.78, 5) is 8.47. The Bertz CT molecular complexity index is 1150. The maximum atomic E-state index is 4.93. The average Bonchev–Trinajstić information content (AvgIpc) is 3.08. The first-order chi connectivity index (χ1) is 11.8. The predicted molar refractivity (Wildman–Crippen MR) is 104 cm³/mol. The lowest BCUT2D eigenvalue weighted by atomic mass is 10.0. The normalized spacial score (nSPS) is 11.5. The van der Waals surface area contributed by atoms with Crippen molar-refractivity contribution >= 4 is 48.5 Å². The summed E-state index contributed by atoms with van der Waals surface area (Å²) in [5.74, 6) is 0.896. The van der Waals surface area contributed by atoms with Crippen molar-refractivity contribution in [3.05, 3.63) is 77.3 Å². The van der Waals surface area contributed by atoms with Gasteiger partial charge in [0, 0.05) is 20.8 Å². The Kier molecular flexibility index (Phi) is 2.97. The molecule has 5 aromatic rings. The zero-order valence-corrected chi connectivity index (χ0v) is 14.3. The van der Waals surface area contributed by atoms with Crippen molar-refractivity contribution in [2.24, 2.45) is 0 Å². The summed E-state index contributed by atoms with van der Waals surface area (Å²) in [5.41, 5.74) is 3.20. The Morgan fingerprint density at radius 2 is 1.38 bits per heavy atom. The molecule has 5 rings (SSSR count). The van der Waals surface area contributed by atoms with E-state index in [9.17, 15) is 0 Å². The van der Waals surface area contributed by atoms with Crippen LogP contribution in [0.3, 0.4) is 0 Å². The van der Waals surface area contributed by atoms with Crippen LogP contribution in [0.25, 0.3) is 44.0 Å². The molecule has 0 amide bonds. The summed E-state index contributed by atoms with van der Waals surface area (Å²) >= 11 is 3.54. The van der Waals surface area contributed by atoms with Gasteiger partial charge in [-0.2, -0.15) is 0 Å². The first kappa shape index (κ1) is 13.8. The predicted octanol–water partition coefficient (Wildman–Crippen LogP) is 6.30. The molecule has 0 saturated carbocycles. The summed E-state index contributed by atoms with van der Waals surface area (Å²) in [6.07, 6.45) is 0. The molecule has 0 bridgehead atoms. The van der Waals surface area contributed by atoms with E-state index in [0.717, 1.165) is 26.9 Å². The van der Waals surface area contributed by atoms with Gasteiger partial charge in [-0.25, -0.2) is 4.98 Å². The molecule has 114 valence electrons. The van der Waals surface area contributed by atoms with Crippen molar-refractivity contribution in [1.82, 2.24) is 9.97 Å². The Labute approximate surface area is 147 Å². The SMILES string of the molecule is Brc1cccc(-c2nc3c4ccccc4c4ccccc4c3[nH]2)c1. The zero-order chi connectivity index (χ0) is 16.1. The van der Waals surface area contributed by atoms with Crippen LogP contribution in [0.5, 0.6) is 0 Å². The van der Waals surface area contributed by atoms with Crippen LogP contribution in [0.15, 0.2) is 77.3 Å². The van der Waals surface area contributed by atoms with Gasteiger partial charge in [0.1, 0.15) is 5.82 Å². The second-order valence-electron chi connectivity index (χ2n) is 5.91. The lowest BCUT2D eigenvalue weighted by molar-refractivity contribution is 1.34. The molecular formula is C21H13BrN2. The third-order valence-electron chi connectivity index (χ3n) is 4.47. The molecule has 1 heterocycles. The van der Waals surface area contributed by atoms with Crippen LogP contribution < -0.4 is 0 Å². The van der Waals surface area contributed by atoms with Gasteiger partial charge in [-0.05, 0) is 22.9 Å². The van der Waals surface area contributed by atoms with E-state index in [1.807, 2.05) is 12.1 Å². The molecule has 4 aromatic carbocycles. The quantitative estimate of drug-likeness (QED) is 0.343. The highest BCUT2D eigenvalue weighted by molar-refractivity contribution is 9.10. The van der Waals surface area contributed by atoms with E-state index >= 15 is 0 Å². The molecule has 0 radical (unpaired) electrons. The van der Waals surface area contributed by atoms with Crippen molar-refractivity contribution in [2.45, 2.75) is 0 Å². The van der Waals surface area contributed by atoms with Gasteiger partial charge in [-0.1, -0.05) is 76.6 Å². The number of rotatable bonds is 1. The van der Waals surface area contributed by atoms with Gasteiger partial charge in [0.2, 0.25) is 0 Å². The number of benzene rings is 4. The van der Waals surface area contributed by atoms with Crippen molar-refractivity contribution in [3.8, 4) is 11.4 Å². The molecule has 2 nitrogen and oxygen atoms in total. The summed E-state index contributed by atoms with van der Waals surface area (Å²) in [6, 6.07) is 25.2. The van der Waals surface area contributed by atoms with Crippen LogP contribution in [0, 0.1) is 0 Å². The van der Waals surface area contributed by atoms with Crippen LogP contribution in [0.1, 0.15) is 0 Å². The summed E-state index contributed by atoms with van der Waals surface area (Å²) < 4.78 is 1.05. The maximum absolute atomic E-state index is 4.93. The minimum Gasteiger partial charge on any atom is -0.337 e. The fourth-order valence-electron chi connectivity index (χ4n) is 3.40. The van der Waals surface area contributed by atoms with E-state index < -0.39 is 0 Å². The van der Waals surface area contributed by atoms with Crippen LogP contribution in [0.4, 0.5) is 0 Å². The number of hydrogen-bond acceptors (Lipinski definition) is 1. The first-order valence-corrected chi connectivity index (χ1v) is 8.66. The maximum Gasteiger partial charge on any atom is 0.138 e. The van der Waals surface area contributed by atoms with E-state index in [2.05, 4.69) is 81.6 Å². The van der Waals surface area contributed by atoms with Gasteiger partial charge in [-0.3, -0.25) is 0 Å². The Balaban J connectivity index is 1.95. The third-order valence-corrected chi connectivity index (χ3v) is 4.96. The van der Waals surface area contributed by atoms with E-state index in [4.69, 9.17) is 4.98 Å².